The van der Waals surface area contributed by atoms with Gasteiger partial charge in [0.2, 0.25) is 0 Å². The van der Waals surface area contributed by atoms with Crippen molar-refractivity contribution in [3.63, 3.8) is 0 Å². The van der Waals surface area contributed by atoms with Crippen LogP contribution in [0.3, 0.4) is 0 Å². The lowest BCUT2D eigenvalue weighted by Gasteiger charge is -2.46. The van der Waals surface area contributed by atoms with E-state index in [2.05, 4.69) is 28.5 Å². The molecule has 0 aliphatic heterocycles. The van der Waals surface area contributed by atoms with E-state index in [0.717, 1.165) is 17.6 Å². The molecule has 1 aliphatic rings. The third-order valence-corrected chi connectivity index (χ3v) is 4.65. The number of nitrogens with zero attached hydrogens (tertiary/aromatic N) is 2. The monoisotopic (exact) mass is 258 g/mol. The molecule has 1 fully saturated rings. The van der Waals surface area contributed by atoms with Crippen molar-refractivity contribution in [1.29, 1.82) is 0 Å². The zero-order valence-corrected chi connectivity index (χ0v) is 11.7. The van der Waals surface area contributed by atoms with Gasteiger partial charge in [-0.3, -0.25) is 0 Å². The highest BCUT2D eigenvalue weighted by atomic mass is 15.0. The van der Waals surface area contributed by atoms with Crippen molar-refractivity contribution in [1.82, 2.24) is 14.9 Å². The lowest BCUT2D eigenvalue weighted by Crippen LogP contribution is -2.46. The van der Waals surface area contributed by atoms with Crippen LogP contribution in [-0.2, 0) is 7.05 Å². The Labute approximate surface area is 114 Å². The largest absolute Gasteiger partial charge is 0.334 e. The Balaban J connectivity index is 1.94. The summed E-state index contributed by atoms with van der Waals surface area (Å²) in [6, 6.07) is 6.53. The van der Waals surface area contributed by atoms with Crippen LogP contribution < -0.4 is 11.1 Å². The van der Waals surface area contributed by atoms with Crippen LogP contribution in [0.2, 0.25) is 0 Å². The summed E-state index contributed by atoms with van der Waals surface area (Å²) in [6.07, 6.45) is 5.58. The molecule has 1 saturated carbocycles. The van der Waals surface area contributed by atoms with Crippen molar-refractivity contribution < 1.29 is 0 Å². The number of nitrogens with two attached hydrogens (primary N) is 1. The molecule has 0 amide bonds. The standard InChI is InChI=1S/C15H22N4/c1-17-9-15(6-3-7-15)14(16)11-4-5-13-12(8-11)18-10-19(13)2/h4-5,8,10,14,17H,3,6-7,9,16H2,1-2H3. The smallest absolute Gasteiger partial charge is 0.0955 e. The molecule has 1 heterocycles. The maximum Gasteiger partial charge on any atom is 0.0955 e. The first kappa shape index (κ1) is 12.6. The number of imidazole rings is 1. The molecule has 0 spiro atoms. The summed E-state index contributed by atoms with van der Waals surface area (Å²) in [5.74, 6) is 0. The molecule has 4 nitrogen and oxygen atoms in total. The van der Waals surface area contributed by atoms with Gasteiger partial charge in [-0.15, -0.1) is 0 Å². The number of hydrogen-bond acceptors (Lipinski definition) is 3. The van der Waals surface area contributed by atoms with E-state index in [1.165, 1.54) is 24.8 Å². The molecule has 0 radical (unpaired) electrons. The van der Waals surface area contributed by atoms with E-state index in [0.29, 0.717) is 0 Å². The summed E-state index contributed by atoms with van der Waals surface area (Å²) < 4.78 is 2.04. The van der Waals surface area contributed by atoms with E-state index >= 15 is 0 Å². The Morgan fingerprint density at radius 1 is 1.47 bits per heavy atom. The number of benzene rings is 1. The third kappa shape index (κ3) is 1.95. The summed E-state index contributed by atoms with van der Waals surface area (Å²) >= 11 is 0. The first-order valence-corrected chi connectivity index (χ1v) is 6.97. The van der Waals surface area contributed by atoms with Crippen LogP contribution in [0.1, 0.15) is 30.9 Å². The average molecular weight is 258 g/mol. The van der Waals surface area contributed by atoms with Gasteiger partial charge >= 0.3 is 0 Å². The average Bonchev–Trinajstić information content (AvgIpc) is 2.74. The summed E-state index contributed by atoms with van der Waals surface area (Å²) in [4.78, 5) is 4.42. The number of aromatic nitrogens is 2. The van der Waals surface area contributed by atoms with E-state index in [9.17, 15) is 0 Å². The fourth-order valence-electron chi connectivity index (χ4n) is 3.28. The van der Waals surface area contributed by atoms with Gasteiger partial charge in [-0.05, 0) is 37.6 Å². The minimum Gasteiger partial charge on any atom is -0.334 e. The van der Waals surface area contributed by atoms with Gasteiger partial charge in [0, 0.05) is 25.0 Å². The normalized spacial score (nSPS) is 19.3. The zero-order valence-electron chi connectivity index (χ0n) is 11.7. The van der Waals surface area contributed by atoms with Gasteiger partial charge in [-0.25, -0.2) is 4.98 Å². The van der Waals surface area contributed by atoms with Gasteiger partial charge in [0.1, 0.15) is 0 Å². The van der Waals surface area contributed by atoms with Crippen molar-refractivity contribution in [2.45, 2.75) is 25.3 Å². The van der Waals surface area contributed by atoms with Crippen LogP contribution in [0.5, 0.6) is 0 Å². The molecular weight excluding hydrogens is 236 g/mol. The lowest BCUT2D eigenvalue weighted by atomic mass is 9.62. The predicted octanol–water partition coefficient (Wildman–Crippen LogP) is 1.96. The second kappa shape index (κ2) is 4.62. The van der Waals surface area contributed by atoms with Crippen LogP contribution in [0.25, 0.3) is 11.0 Å². The van der Waals surface area contributed by atoms with Gasteiger partial charge < -0.3 is 15.6 Å². The molecule has 3 N–H and O–H groups in total. The second-order valence-corrected chi connectivity index (χ2v) is 5.83. The molecule has 1 aromatic carbocycles. The molecule has 0 bridgehead atoms. The fourth-order valence-corrected chi connectivity index (χ4v) is 3.28. The second-order valence-electron chi connectivity index (χ2n) is 5.83. The first-order valence-electron chi connectivity index (χ1n) is 6.97. The number of fused-ring (bicyclic) bond motifs is 1. The van der Waals surface area contributed by atoms with E-state index < -0.39 is 0 Å². The van der Waals surface area contributed by atoms with E-state index in [1.54, 1.807) is 0 Å². The molecule has 1 aromatic heterocycles. The SMILES string of the molecule is CNCC1(C(N)c2ccc3c(c2)ncn3C)CCC1. The number of rotatable bonds is 4. The molecule has 1 atom stereocenters. The van der Waals surface area contributed by atoms with Crippen LogP contribution >= 0.6 is 0 Å². The van der Waals surface area contributed by atoms with Crippen LogP contribution in [0, 0.1) is 5.41 Å². The maximum atomic E-state index is 6.54. The number of aryl methyl sites for hydroxylation is 1. The van der Waals surface area contributed by atoms with Crippen molar-refractivity contribution in [2.24, 2.45) is 18.2 Å². The van der Waals surface area contributed by atoms with Crippen molar-refractivity contribution >= 4 is 11.0 Å². The van der Waals surface area contributed by atoms with Crippen LogP contribution in [-0.4, -0.2) is 23.1 Å². The Kier molecular flexibility index (Phi) is 3.07. The molecule has 102 valence electrons. The van der Waals surface area contributed by atoms with Crippen molar-refractivity contribution in [3.8, 4) is 0 Å². The van der Waals surface area contributed by atoms with E-state index in [-0.39, 0.29) is 11.5 Å². The van der Waals surface area contributed by atoms with Gasteiger partial charge in [0.15, 0.2) is 0 Å². The highest BCUT2D eigenvalue weighted by Gasteiger charge is 2.42. The molecule has 19 heavy (non-hydrogen) atoms. The van der Waals surface area contributed by atoms with Gasteiger partial charge in [0.25, 0.3) is 0 Å². The Morgan fingerprint density at radius 3 is 2.89 bits per heavy atom. The van der Waals surface area contributed by atoms with Gasteiger partial charge in [-0.1, -0.05) is 12.5 Å². The highest BCUT2D eigenvalue weighted by molar-refractivity contribution is 5.76. The highest BCUT2D eigenvalue weighted by Crippen LogP contribution is 2.48. The van der Waals surface area contributed by atoms with Crippen LogP contribution in [0.15, 0.2) is 24.5 Å². The Hall–Kier alpha value is -1.39. The Bertz CT molecular complexity index is 583. The maximum absolute atomic E-state index is 6.54. The quantitative estimate of drug-likeness (QED) is 0.881. The van der Waals surface area contributed by atoms with Gasteiger partial charge in [0.05, 0.1) is 17.4 Å². The van der Waals surface area contributed by atoms with E-state index in [4.69, 9.17) is 5.73 Å². The fraction of sp³-hybridized carbons (Fsp3) is 0.533. The number of hydrogen-bond donors (Lipinski definition) is 2. The molecule has 0 saturated heterocycles. The third-order valence-electron chi connectivity index (χ3n) is 4.65. The predicted molar refractivity (Wildman–Crippen MR) is 77.9 cm³/mol. The molecule has 1 unspecified atom stereocenters. The molecular formula is C15H22N4. The summed E-state index contributed by atoms with van der Waals surface area (Å²) in [5.41, 5.74) is 10.2. The zero-order chi connectivity index (χ0) is 13.5. The molecule has 2 aromatic rings. The summed E-state index contributed by atoms with van der Waals surface area (Å²) in [7, 11) is 4.03. The molecule has 1 aliphatic carbocycles. The van der Waals surface area contributed by atoms with Crippen LogP contribution in [0.4, 0.5) is 0 Å². The van der Waals surface area contributed by atoms with Gasteiger partial charge in [-0.2, -0.15) is 0 Å². The molecule has 4 heteroatoms. The number of nitrogens with one attached hydrogen (secondary N) is 1. The minimum atomic E-state index is 0.0973. The topological polar surface area (TPSA) is 55.9 Å². The van der Waals surface area contributed by atoms with Crippen molar-refractivity contribution in [3.05, 3.63) is 30.1 Å². The van der Waals surface area contributed by atoms with Crippen molar-refractivity contribution in [2.75, 3.05) is 13.6 Å². The molecule has 3 rings (SSSR count). The summed E-state index contributed by atoms with van der Waals surface area (Å²) in [5, 5.41) is 3.30. The summed E-state index contributed by atoms with van der Waals surface area (Å²) in [6.45, 7) is 0.994. The first-order chi connectivity index (χ1) is 9.16. The lowest BCUT2D eigenvalue weighted by molar-refractivity contribution is 0.0948. The van der Waals surface area contributed by atoms with E-state index in [1.807, 2.05) is 25.0 Å². The Morgan fingerprint density at radius 2 is 2.26 bits per heavy atom. The minimum absolute atomic E-state index is 0.0973.